The van der Waals surface area contributed by atoms with Crippen LogP contribution in [0.25, 0.3) is 0 Å². The van der Waals surface area contributed by atoms with Crippen LogP contribution in [0, 0.1) is 12.8 Å². The Morgan fingerprint density at radius 3 is 2.89 bits per heavy atom. The van der Waals surface area contributed by atoms with Gasteiger partial charge in [0.2, 0.25) is 5.91 Å². The number of nitrogens with one attached hydrogen (secondary N) is 2. The van der Waals surface area contributed by atoms with Gasteiger partial charge in [0.05, 0.1) is 12.0 Å². The zero-order valence-corrected chi connectivity index (χ0v) is 10.9. The van der Waals surface area contributed by atoms with Gasteiger partial charge in [0.15, 0.2) is 0 Å². The molecule has 0 radical (unpaired) electrons. The average molecular weight is 248 g/mol. The number of hydrogen-bond acceptors (Lipinski definition) is 3. The Morgan fingerprint density at radius 1 is 1.50 bits per heavy atom. The Balaban J connectivity index is 1.61. The molecule has 4 nitrogen and oxygen atoms in total. The molecule has 3 rings (SSSR count). The number of rotatable bonds is 3. The molecule has 0 aliphatic carbocycles. The molecule has 4 atom stereocenters. The maximum absolute atomic E-state index is 12.2. The summed E-state index contributed by atoms with van der Waals surface area (Å²) >= 11 is 0. The van der Waals surface area contributed by atoms with E-state index in [1.54, 1.807) is 0 Å². The van der Waals surface area contributed by atoms with Crippen LogP contribution in [0.2, 0.25) is 0 Å². The van der Waals surface area contributed by atoms with Crippen LogP contribution in [0.4, 0.5) is 0 Å². The Kier molecular flexibility index (Phi) is 2.90. The highest BCUT2D eigenvalue weighted by atomic mass is 16.3. The molecule has 4 heteroatoms. The van der Waals surface area contributed by atoms with Gasteiger partial charge in [-0.2, -0.15) is 0 Å². The van der Waals surface area contributed by atoms with E-state index in [1.807, 2.05) is 26.0 Å². The zero-order chi connectivity index (χ0) is 12.7. The van der Waals surface area contributed by atoms with Gasteiger partial charge in [0.25, 0.3) is 0 Å². The molecule has 2 saturated heterocycles. The van der Waals surface area contributed by atoms with Gasteiger partial charge in [0.1, 0.15) is 11.5 Å². The lowest BCUT2D eigenvalue weighted by Gasteiger charge is -2.21. The Labute approximate surface area is 107 Å². The number of amides is 1. The molecule has 2 fully saturated rings. The molecule has 2 N–H and O–H groups in total. The number of furan rings is 1. The predicted octanol–water partition coefficient (Wildman–Crippen LogP) is 1.91. The summed E-state index contributed by atoms with van der Waals surface area (Å²) in [6.07, 6.45) is 3.35. The van der Waals surface area contributed by atoms with E-state index >= 15 is 0 Å². The van der Waals surface area contributed by atoms with Crippen LogP contribution in [0.5, 0.6) is 0 Å². The van der Waals surface area contributed by atoms with E-state index in [0.717, 1.165) is 24.4 Å². The van der Waals surface area contributed by atoms with Crippen molar-refractivity contribution < 1.29 is 9.21 Å². The van der Waals surface area contributed by atoms with Crippen molar-refractivity contribution in [1.82, 2.24) is 10.6 Å². The first-order valence-electron chi connectivity index (χ1n) is 6.76. The number of carbonyl (C=O) groups is 1. The third kappa shape index (κ3) is 2.05. The third-order valence-electron chi connectivity index (χ3n) is 4.18. The number of hydrogen-bond donors (Lipinski definition) is 2. The van der Waals surface area contributed by atoms with Crippen LogP contribution in [0.3, 0.4) is 0 Å². The maximum atomic E-state index is 12.2. The summed E-state index contributed by atoms with van der Waals surface area (Å²) in [6.45, 7) is 3.88. The highest BCUT2D eigenvalue weighted by Gasteiger charge is 2.42. The lowest BCUT2D eigenvalue weighted by atomic mass is 9.88. The molecular weight excluding hydrogens is 228 g/mol. The normalized spacial score (nSPS) is 31.6. The van der Waals surface area contributed by atoms with Crippen molar-refractivity contribution in [3.63, 3.8) is 0 Å². The van der Waals surface area contributed by atoms with Gasteiger partial charge in [-0.3, -0.25) is 4.79 Å². The van der Waals surface area contributed by atoms with Crippen molar-refractivity contribution >= 4 is 5.91 Å². The standard InChI is InChI=1S/C14H20N2O2/c1-8-3-6-13(18-8)9(2)15-14(17)11-7-10-4-5-12(11)16-10/h3,6,9-12,16H,4-5,7H2,1-2H3,(H,15,17). The Morgan fingerprint density at radius 2 is 2.33 bits per heavy atom. The van der Waals surface area contributed by atoms with Gasteiger partial charge in [-0.25, -0.2) is 0 Å². The largest absolute Gasteiger partial charge is 0.464 e. The van der Waals surface area contributed by atoms with Gasteiger partial charge in [-0.15, -0.1) is 0 Å². The summed E-state index contributed by atoms with van der Waals surface area (Å²) in [7, 11) is 0. The second kappa shape index (κ2) is 4.43. The minimum Gasteiger partial charge on any atom is -0.464 e. The van der Waals surface area contributed by atoms with E-state index in [-0.39, 0.29) is 17.9 Å². The fraction of sp³-hybridized carbons (Fsp3) is 0.643. The molecule has 1 aromatic rings. The highest BCUT2D eigenvalue weighted by Crippen LogP contribution is 2.33. The molecule has 4 unspecified atom stereocenters. The number of aryl methyl sites for hydroxylation is 1. The fourth-order valence-electron chi connectivity index (χ4n) is 3.19. The van der Waals surface area contributed by atoms with E-state index in [1.165, 1.54) is 6.42 Å². The smallest absolute Gasteiger partial charge is 0.225 e. The average Bonchev–Trinajstić information content (AvgIpc) is 3.03. The van der Waals surface area contributed by atoms with Gasteiger partial charge < -0.3 is 15.1 Å². The first kappa shape index (κ1) is 11.8. The Hall–Kier alpha value is -1.29. The third-order valence-corrected chi connectivity index (χ3v) is 4.18. The summed E-state index contributed by atoms with van der Waals surface area (Å²) < 4.78 is 5.54. The molecule has 1 aromatic heterocycles. The van der Waals surface area contributed by atoms with E-state index in [4.69, 9.17) is 4.42 Å². The minimum absolute atomic E-state index is 0.0506. The molecule has 2 aliphatic rings. The topological polar surface area (TPSA) is 54.3 Å². The van der Waals surface area contributed by atoms with Gasteiger partial charge in [0, 0.05) is 12.1 Å². The number of carbonyl (C=O) groups excluding carboxylic acids is 1. The van der Waals surface area contributed by atoms with Gasteiger partial charge >= 0.3 is 0 Å². The van der Waals surface area contributed by atoms with Crippen molar-refractivity contribution in [3.05, 3.63) is 23.7 Å². The SMILES string of the molecule is Cc1ccc(C(C)NC(=O)C2CC3CCC2N3)o1. The molecule has 0 aromatic carbocycles. The second-order valence-corrected chi connectivity index (χ2v) is 5.57. The van der Waals surface area contributed by atoms with Crippen LogP contribution in [-0.2, 0) is 4.79 Å². The zero-order valence-electron chi connectivity index (χ0n) is 10.9. The summed E-state index contributed by atoms with van der Waals surface area (Å²) in [5.74, 6) is 2.02. The van der Waals surface area contributed by atoms with Crippen molar-refractivity contribution in [2.24, 2.45) is 5.92 Å². The molecule has 0 spiro atoms. The number of fused-ring (bicyclic) bond motifs is 2. The monoisotopic (exact) mass is 248 g/mol. The lowest BCUT2D eigenvalue weighted by molar-refractivity contribution is -0.126. The van der Waals surface area contributed by atoms with Crippen LogP contribution >= 0.6 is 0 Å². The lowest BCUT2D eigenvalue weighted by Crippen LogP contribution is -2.38. The fourth-order valence-corrected chi connectivity index (χ4v) is 3.19. The molecule has 2 bridgehead atoms. The van der Waals surface area contributed by atoms with E-state index < -0.39 is 0 Å². The summed E-state index contributed by atoms with van der Waals surface area (Å²) in [6, 6.07) is 4.76. The summed E-state index contributed by atoms with van der Waals surface area (Å²) in [4.78, 5) is 12.2. The molecule has 3 heterocycles. The molecule has 1 amide bonds. The highest BCUT2D eigenvalue weighted by molar-refractivity contribution is 5.80. The predicted molar refractivity (Wildman–Crippen MR) is 68.1 cm³/mol. The van der Waals surface area contributed by atoms with E-state index in [9.17, 15) is 4.79 Å². The van der Waals surface area contributed by atoms with Crippen molar-refractivity contribution in [2.75, 3.05) is 0 Å². The summed E-state index contributed by atoms with van der Waals surface area (Å²) in [5, 5.41) is 6.56. The van der Waals surface area contributed by atoms with Gasteiger partial charge in [-0.05, 0) is 45.2 Å². The van der Waals surface area contributed by atoms with Crippen LogP contribution in [-0.4, -0.2) is 18.0 Å². The molecule has 0 saturated carbocycles. The summed E-state index contributed by atoms with van der Waals surface area (Å²) in [5.41, 5.74) is 0. The second-order valence-electron chi connectivity index (χ2n) is 5.57. The van der Waals surface area contributed by atoms with Crippen LogP contribution in [0.15, 0.2) is 16.5 Å². The first-order valence-corrected chi connectivity index (χ1v) is 6.76. The van der Waals surface area contributed by atoms with Crippen molar-refractivity contribution in [1.29, 1.82) is 0 Å². The van der Waals surface area contributed by atoms with E-state index in [0.29, 0.717) is 12.1 Å². The van der Waals surface area contributed by atoms with Gasteiger partial charge in [-0.1, -0.05) is 0 Å². The molecule has 18 heavy (non-hydrogen) atoms. The van der Waals surface area contributed by atoms with Crippen molar-refractivity contribution in [3.8, 4) is 0 Å². The van der Waals surface area contributed by atoms with Crippen LogP contribution < -0.4 is 10.6 Å². The quantitative estimate of drug-likeness (QED) is 0.859. The molecular formula is C14H20N2O2. The first-order chi connectivity index (χ1) is 8.63. The van der Waals surface area contributed by atoms with E-state index in [2.05, 4.69) is 10.6 Å². The van der Waals surface area contributed by atoms with Crippen LogP contribution in [0.1, 0.15) is 43.7 Å². The van der Waals surface area contributed by atoms with Crippen molar-refractivity contribution in [2.45, 2.75) is 51.2 Å². The minimum atomic E-state index is -0.0506. The Bertz CT molecular complexity index is 454. The molecule has 98 valence electrons. The maximum Gasteiger partial charge on any atom is 0.225 e. The molecule has 2 aliphatic heterocycles.